The molecule has 1 fully saturated rings. The maximum Gasteiger partial charge on any atom is 0.230 e. The van der Waals surface area contributed by atoms with Crippen LogP contribution in [0.15, 0.2) is 18.2 Å². The van der Waals surface area contributed by atoms with E-state index < -0.39 is 5.60 Å². The quantitative estimate of drug-likeness (QED) is 0.659. The van der Waals surface area contributed by atoms with E-state index in [2.05, 4.69) is 17.2 Å². The number of β-amino-alcohol motifs (C(OH)–C–C–N with tert-alkyl or cyclic N) is 1. The third-order valence-corrected chi connectivity index (χ3v) is 3.54. The summed E-state index contributed by atoms with van der Waals surface area (Å²) in [5.74, 6) is 6.53. The highest BCUT2D eigenvalue weighted by Crippen LogP contribution is 2.31. The van der Waals surface area contributed by atoms with Gasteiger partial charge in [0.25, 0.3) is 0 Å². The van der Waals surface area contributed by atoms with Crippen molar-refractivity contribution in [3.8, 4) is 17.6 Å². The number of benzene rings is 1. The largest absolute Gasteiger partial charge is 0.491 e. The minimum atomic E-state index is -0.926. The Morgan fingerprint density at radius 3 is 2.95 bits per heavy atom. The number of nitrogens with zero attached hydrogens (tertiary/aromatic N) is 1. The van der Waals surface area contributed by atoms with Gasteiger partial charge in [-0.3, -0.25) is 4.79 Å². The number of carbonyl (C=O) groups excluding carboxylic acids is 1. The molecule has 3 rings (SSSR count). The van der Waals surface area contributed by atoms with Crippen LogP contribution in [-0.2, 0) is 4.79 Å². The van der Waals surface area contributed by atoms with Gasteiger partial charge in [0.05, 0.1) is 18.7 Å². The third-order valence-electron chi connectivity index (χ3n) is 3.54. The zero-order valence-electron chi connectivity index (χ0n) is 11.3. The molecule has 2 aliphatic rings. The van der Waals surface area contributed by atoms with Crippen LogP contribution in [0.3, 0.4) is 0 Å². The van der Waals surface area contributed by atoms with Crippen molar-refractivity contribution in [1.82, 2.24) is 5.32 Å². The van der Waals surface area contributed by atoms with Gasteiger partial charge in [-0.25, -0.2) is 0 Å². The summed E-state index contributed by atoms with van der Waals surface area (Å²) >= 11 is 0. The summed E-state index contributed by atoms with van der Waals surface area (Å²) in [5, 5.41) is 12.9. The lowest BCUT2D eigenvalue weighted by Gasteiger charge is -2.32. The zero-order chi connectivity index (χ0) is 14.2. The summed E-state index contributed by atoms with van der Waals surface area (Å²) in [6, 6.07) is 5.48. The highest BCUT2D eigenvalue weighted by atomic mass is 16.5. The van der Waals surface area contributed by atoms with Crippen LogP contribution < -0.4 is 15.0 Å². The van der Waals surface area contributed by atoms with Crippen molar-refractivity contribution < 1.29 is 14.6 Å². The number of anilines is 1. The van der Waals surface area contributed by atoms with Crippen molar-refractivity contribution in [2.45, 2.75) is 12.0 Å². The maximum atomic E-state index is 11.8. The fraction of sp³-hybridized carbons (Fsp3) is 0.400. The summed E-state index contributed by atoms with van der Waals surface area (Å²) < 4.78 is 5.55. The molecule has 104 valence electrons. The number of amides is 1. The first-order valence-corrected chi connectivity index (χ1v) is 6.57. The first-order chi connectivity index (χ1) is 9.57. The highest BCUT2D eigenvalue weighted by molar-refractivity contribution is 5.95. The standard InChI is InChI=1S/C15H16N2O3/c1-17-12-8-11(4-6-15(19)9-16-10-15)2-3-13(12)20-7-5-14(17)18/h2-3,8,16,19H,5,7,9-10H2,1H3. The lowest BCUT2D eigenvalue weighted by atomic mass is 9.98. The Morgan fingerprint density at radius 1 is 1.45 bits per heavy atom. The number of fused-ring (bicyclic) bond motifs is 1. The number of hydrogen-bond donors (Lipinski definition) is 2. The number of rotatable bonds is 0. The van der Waals surface area contributed by atoms with Crippen molar-refractivity contribution in [1.29, 1.82) is 0 Å². The Labute approximate surface area is 117 Å². The fourth-order valence-corrected chi connectivity index (χ4v) is 2.17. The zero-order valence-corrected chi connectivity index (χ0v) is 11.3. The predicted molar refractivity (Wildman–Crippen MR) is 74.7 cm³/mol. The molecule has 1 saturated heterocycles. The summed E-state index contributed by atoms with van der Waals surface area (Å²) in [4.78, 5) is 13.4. The Bertz CT molecular complexity index is 611. The van der Waals surface area contributed by atoms with Crippen LogP contribution >= 0.6 is 0 Å². The smallest absolute Gasteiger partial charge is 0.230 e. The molecule has 0 aromatic heterocycles. The van der Waals surface area contributed by atoms with Crippen molar-refractivity contribution in [2.24, 2.45) is 0 Å². The van der Waals surface area contributed by atoms with E-state index in [0.717, 1.165) is 11.3 Å². The molecule has 0 aliphatic carbocycles. The van der Waals surface area contributed by atoms with Gasteiger partial charge in [-0.1, -0.05) is 11.8 Å². The maximum absolute atomic E-state index is 11.8. The molecule has 2 heterocycles. The van der Waals surface area contributed by atoms with Crippen LogP contribution in [0.4, 0.5) is 5.69 Å². The Balaban J connectivity index is 1.91. The van der Waals surface area contributed by atoms with E-state index in [9.17, 15) is 9.90 Å². The molecule has 2 N–H and O–H groups in total. The van der Waals surface area contributed by atoms with Gasteiger partial charge >= 0.3 is 0 Å². The summed E-state index contributed by atoms with van der Waals surface area (Å²) in [6.07, 6.45) is 0.373. The van der Waals surface area contributed by atoms with Gasteiger partial charge in [0, 0.05) is 25.7 Å². The summed E-state index contributed by atoms with van der Waals surface area (Å²) in [7, 11) is 1.73. The Morgan fingerprint density at radius 2 is 2.25 bits per heavy atom. The minimum absolute atomic E-state index is 0.0238. The second kappa shape index (κ2) is 4.82. The van der Waals surface area contributed by atoms with Gasteiger partial charge in [-0.05, 0) is 18.2 Å². The molecule has 0 spiro atoms. The van der Waals surface area contributed by atoms with E-state index in [1.807, 2.05) is 18.2 Å². The molecule has 0 atom stereocenters. The van der Waals surface area contributed by atoms with E-state index in [1.165, 1.54) is 0 Å². The van der Waals surface area contributed by atoms with Gasteiger partial charge in [0.2, 0.25) is 5.91 Å². The third kappa shape index (κ3) is 2.36. The van der Waals surface area contributed by atoms with Gasteiger partial charge in [0.15, 0.2) is 0 Å². The van der Waals surface area contributed by atoms with Gasteiger partial charge in [0.1, 0.15) is 11.4 Å². The van der Waals surface area contributed by atoms with Crippen LogP contribution in [0.25, 0.3) is 0 Å². The van der Waals surface area contributed by atoms with Crippen molar-refractivity contribution in [2.75, 3.05) is 31.6 Å². The molecule has 0 unspecified atom stereocenters. The van der Waals surface area contributed by atoms with Crippen molar-refractivity contribution in [3.05, 3.63) is 23.8 Å². The highest BCUT2D eigenvalue weighted by Gasteiger charge is 2.31. The molecular weight excluding hydrogens is 256 g/mol. The molecule has 0 bridgehead atoms. The number of carbonyl (C=O) groups is 1. The van der Waals surface area contributed by atoms with Crippen LogP contribution in [0.5, 0.6) is 5.75 Å². The summed E-state index contributed by atoms with van der Waals surface area (Å²) in [6.45, 7) is 1.38. The van der Waals surface area contributed by atoms with Crippen LogP contribution in [0.2, 0.25) is 0 Å². The molecule has 2 aliphatic heterocycles. The van der Waals surface area contributed by atoms with E-state index >= 15 is 0 Å². The minimum Gasteiger partial charge on any atom is -0.491 e. The number of ether oxygens (including phenoxy) is 1. The van der Waals surface area contributed by atoms with Crippen LogP contribution in [0, 0.1) is 11.8 Å². The van der Waals surface area contributed by atoms with Gasteiger partial charge < -0.3 is 20.1 Å². The first-order valence-electron chi connectivity index (χ1n) is 6.57. The van der Waals surface area contributed by atoms with E-state index in [0.29, 0.717) is 31.9 Å². The number of hydrogen-bond acceptors (Lipinski definition) is 4. The second-order valence-electron chi connectivity index (χ2n) is 5.12. The lowest BCUT2D eigenvalue weighted by molar-refractivity contribution is -0.118. The number of nitrogens with one attached hydrogen (secondary N) is 1. The summed E-state index contributed by atoms with van der Waals surface area (Å²) in [5.41, 5.74) is 0.553. The molecule has 1 amide bonds. The average molecular weight is 272 g/mol. The van der Waals surface area contributed by atoms with Crippen LogP contribution in [-0.4, -0.2) is 43.4 Å². The van der Waals surface area contributed by atoms with Gasteiger partial charge in [-0.15, -0.1) is 0 Å². The molecule has 5 heteroatoms. The molecule has 5 nitrogen and oxygen atoms in total. The van der Waals surface area contributed by atoms with Gasteiger partial charge in [-0.2, -0.15) is 0 Å². The lowest BCUT2D eigenvalue weighted by Crippen LogP contribution is -2.58. The average Bonchev–Trinajstić information content (AvgIpc) is 2.55. The molecule has 20 heavy (non-hydrogen) atoms. The molecule has 1 aromatic carbocycles. The Hall–Kier alpha value is -2.03. The van der Waals surface area contributed by atoms with Crippen molar-refractivity contribution in [3.63, 3.8) is 0 Å². The van der Waals surface area contributed by atoms with Crippen LogP contribution in [0.1, 0.15) is 12.0 Å². The Kier molecular flexibility index (Phi) is 3.13. The topological polar surface area (TPSA) is 61.8 Å². The molecular formula is C15H16N2O3. The molecule has 0 radical (unpaired) electrons. The molecule has 0 saturated carbocycles. The fourth-order valence-electron chi connectivity index (χ4n) is 2.17. The second-order valence-corrected chi connectivity index (χ2v) is 5.12. The van der Waals surface area contributed by atoms with E-state index in [-0.39, 0.29) is 5.91 Å². The normalized spacial score (nSPS) is 19.9. The monoisotopic (exact) mass is 272 g/mol. The van der Waals surface area contributed by atoms with Crippen molar-refractivity contribution >= 4 is 11.6 Å². The van der Waals surface area contributed by atoms with E-state index in [1.54, 1.807) is 11.9 Å². The van der Waals surface area contributed by atoms with E-state index in [4.69, 9.17) is 4.74 Å². The first kappa shape index (κ1) is 13.0. The number of aliphatic hydroxyl groups is 1. The molecule has 1 aromatic rings. The predicted octanol–water partition coefficient (Wildman–Crippen LogP) is 0.118. The SMILES string of the molecule is CN1C(=O)CCOc2ccc(C#CC3(O)CNC3)cc21.